The van der Waals surface area contributed by atoms with Crippen molar-refractivity contribution in [1.82, 2.24) is 15.1 Å². The Morgan fingerprint density at radius 3 is 2.65 bits per heavy atom. The second-order valence-electron chi connectivity index (χ2n) is 5.78. The maximum atomic E-state index is 12.5. The van der Waals surface area contributed by atoms with E-state index in [2.05, 4.69) is 34.5 Å². The number of likely N-dealkylation sites (tertiary alicyclic amines) is 1. The van der Waals surface area contributed by atoms with Gasteiger partial charge in [0.15, 0.2) is 0 Å². The minimum absolute atomic E-state index is 0.205. The Kier molecular flexibility index (Phi) is 4.33. The third kappa shape index (κ3) is 3.19. The van der Waals surface area contributed by atoms with E-state index >= 15 is 0 Å². The van der Waals surface area contributed by atoms with Crippen molar-refractivity contribution in [3.8, 4) is 0 Å². The topological polar surface area (TPSA) is 35.6 Å². The molecule has 2 saturated heterocycles. The predicted octanol–water partition coefficient (Wildman–Crippen LogP) is 0.940. The maximum absolute atomic E-state index is 12.5. The van der Waals surface area contributed by atoms with Crippen LogP contribution in [0.5, 0.6) is 0 Å². The first kappa shape index (κ1) is 13.6. The smallest absolute Gasteiger partial charge is 0.227 e. The van der Waals surface area contributed by atoms with E-state index in [4.69, 9.17) is 0 Å². The SMILES string of the molecule is O=C(C1CCN(Cc2ccccc2)C1)N1CCNCC1. The van der Waals surface area contributed by atoms with Crippen molar-refractivity contribution in [2.75, 3.05) is 39.3 Å². The van der Waals surface area contributed by atoms with Gasteiger partial charge in [-0.15, -0.1) is 0 Å². The summed E-state index contributed by atoms with van der Waals surface area (Å²) in [7, 11) is 0. The van der Waals surface area contributed by atoms with Gasteiger partial charge in [0.05, 0.1) is 5.92 Å². The van der Waals surface area contributed by atoms with Gasteiger partial charge in [0.25, 0.3) is 0 Å². The number of rotatable bonds is 3. The van der Waals surface area contributed by atoms with Crippen LogP contribution in [-0.4, -0.2) is 55.0 Å². The first-order chi connectivity index (χ1) is 9.83. The number of piperazine rings is 1. The Balaban J connectivity index is 1.52. The van der Waals surface area contributed by atoms with Gasteiger partial charge in [-0.3, -0.25) is 9.69 Å². The van der Waals surface area contributed by atoms with Gasteiger partial charge < -0.3 is 10.2 Å². The molecule has 20 heavy (non-hydrogen) atoms. The Morgan fingerprint density at radius 2 is 1.90 bits per heavy atom. The zero-order valence-corrected chi connectivity index (χ0v) is 11.9. The first-order valence-corrected chi connectivity index (χ1v) is 7.59. The highest BCUT2D eigenvalue weighted by atomic mass is 16.2. The molecule has 4 nitrogen and oxygen atoms in total. The molecule has 3 rings (SSSR count). The summed E-state index contributed by atoms with van der Waals surface area (Å²) in [5.74, 6) is 0.568. The highest BCUT2D eigenvalue weighted by Gasteiger charge is 2.31. The highest BCUT2D eigenvalue weighted by Crippen LogP contribution is 2.21. The summed E-state index contributed by atoms with van der Waals surface area (Å²) in [6, 6.07) is 10.5. The van der Waals surface area contributed by atoms with Gasteiger partial charge in [0.2, 0.25) is 5.91 Å². The average Bonchev–Trinajstić information content (AvgIpc) is 2.97. The molecule has 0 spiro atoms. The zero-order valence-electron chi connectivity index (χ0n) is 11.9. The summed E-state index contributed by atoms with van der Waals surface area (Å²) in [6.07, 6.45) is 1.01. The fraction of sp³-hybridized carbons (Fsp3) is 0.562. The Labute approximate surface area is 120 Å². The molecule has 0 aromatic heterocycles. The lowest BCUT2D eigenvalue weighted by atomic mass is 10.1. The Bertz CT molecular complexity index is 442. The van der Waals surface area contributed by atoms with Crippen molar-refractivity contribution >= 4 is 5.91 Å². The molecule has 2 fully saturated rings. The fourth-order valence-corrected chi connectivity index (χ4v) is 3.16. The number of amides is 1. The molecular weight excluding hydrogens is 250 g/mol. The van der Waals surface area contributed by atoms with E-state index in [1.165, 1.54) is 5.56 Å². The van der Waals surface area contributed by atoms with Crippen molar-refractivity contribution in [2.24, 2.45) is 5.92 Å². The molecule has 0 radical (unpaired) electrons. The van der Waals surface area contributed by atoms with Crippen LogP contribution in [0.25, 0.3) is 0 Å². The van der Waals surface area contributed by atoms with Crippen LogP contribution < -0.4 is 5.32 Å². The van der Waals surface area contributed by atoms with Gasteiger partial charge >= 0.3 is 0 Å². The molecule has 1 N–H and O–H groups in total. The second kappa shape index (κ2) is 6.37. The average molecular weight is 273 g/mol. The van der Waals surface area contributed by atoms with Crippen LogP contribution in [0, 0.1) is 5.92 Å². The number of carbonyl (C=O) groups excluding carboxylic acids is 1. The zero-order chi connectivity index (χ0) is 13.8. The molecule has 4 heteroatoms. The van der Waals surface area contributed by atoms with Gasteiger partial charge in [-0.25, -0.2) is 0 Å². The van der Waals surface area contributed by atoms with Crippen molar-refractivity contribution < 1.29 is 4.79 Å². The summed E-state index contributed by atoms with van der Waals surface area (Å²) in [4.78, 5) is 16.9. The van der Waals surface area contributed by atoms with E-state index in [-0.39, 0.29) is 5.92 Å². The molecule has 2 aliphatic rings. The summed E-state index contributed by atoms with van der Waals surface area (Å²) in [6.45, 7) is 6.53. The molecule has 1 aromatic carbocycles. The van der Waals surface area contributed by atoms with E-state index in [1.807, 2.05) is 11.0 Å². The molecule has 1 aromatic rings. The predicted molar refractivity (Wildman–Crippen MR) is 79.3 cm³/mol. The molecule has 0 aliphatic carbocycles. The van der Waals surface area contributed by atoms with Gasteiger partial charge in [-0.1, -0.05) is 30.3 Å². The van der Waals surface area contributed by atoms with Gasteiger partial charge in [0.1, 0.15) is 0 Å². The largest absolute Gasteiger partial charge is 0.340 e. The standard InChI is InChI=1S/C16H23N3O/c20-16(19-10-7-17-8-11-19)15-6-9-18(13-15)12-14-4-2-1-3-5-14/h1-5,15,17H,6-13H2. The lowest BCUT2D eigenvalue weighted by molar-refractivity contribution is -0.135. The van der Waals surface area contributed by atoms with Crippen molar-refractivity contribution in [3.05, 3.63) is 35.9 Å². The van der Waals surface area contributed by atoms with Crippen molar-refractivity contribution in [3.63, 3.8) is 0 Å². The lowest BCUT2D eigenvalue weighted by Crippen LogP contribution is -2.48. The normalized spacial score (nSPS) is 24.0. The Hall–Kier alpha value is -1.39. The molecule has 0 bridgehead atoms. The third-order valence-corrected chi connectivity index (χ3v) is 4.30. The van der Waals surface area contributed by atoms with Crippen LogP contribution >= 0.6 is 0 Å². The highest BCUT2D eigenvalue weighted by molar-refractivity contribution is 5.79. The molecule has 1 unspecified atom stereocenters. The number of nitrogens with zero attached hydrogens (tertiary/aromatic N) is 2. The molecule has 1 atom stereocenters. The maximum Gasteiger partial charge on any atom is 0.227 e. The summed E-state index contributed by atoms with van der Waals surface area (Å²) in [5.41, 5.74) is 1.34. The number of hydrogen-bond acceptors (Lipinski definition) is 3. The Morgan fingerprint density at radius 1 is 1.15 bits per heavy atom. The van der Waals surface area contributed by atoms with E-state index in [9.17, 15) is 4.79 Å². The quantitative estimate of drug-likeness (QED) is 0.890. The monoisotopic (exact) mass is 273 g/mol. The van der Waals surface area contributed by atoms with E-state index in [1.54, 1.807) is 0 Å². The summed E-state index contributed by atoms with van der Waals surface area (Å²) < 4.78 is 0. The molecular formula is C16H23N3O. The van der Waals surface area contributed by atoms with Gasteiger partial charge in [0, 0.05) is 39.3 Å². The minimum Gasteiger partial charge on any atom is -0.340 e. The number of hydrogen-bond donors (Lipinski definition) is 1. The molecule has 2 heterocycles. The third-order valence-electron chi connectivity index (χ3n) is 4.30. The second-order valence-corrected chi connectivity index (χ2v) is 5.78. The molecule has 2 aliphatic heterocycles. The van der Waals surface area contributed by atoms with Crippen LogP contribution in [0.4, 0.5) is 0 Å². The number of carbonyl (C=O) groups is 1. The molecule has 1 amide bonds. The number of nitrogens with one attached hydrogen (secondary N) is 1. The van der Waals surface area contributed by atoms with E-state index in [0.717, 1.165) is 52.2 Å². The lowest BCUT2D eigenvalue weighted by Gasteiger charge is -2.29. The number of benzene rings is 1. The first-order valence-electron chi connectivity index (χ1n) is 7.59. The van der Waals surface area contributed by atoms with Crippen LogP contribution in [0.1, 0.15) is 12.0 Å². The van der Waals surface area contributed by atoms with Crippen LogP contribution in [0.2, 0.25) is 0 Å². The van der Waals surface area contributed by atoms with E-state index < -0.39 is 0 Å². The van der Waals surface area contributed by atoms with Gasteiger partial charge in [-0.05, 0) is 18.5 Å². The van der Waals surface area contributed by atoms with Crippen LogP contribution in [0.3, 0.4) is 0 Å². The summed E-state index contributed by atoms with van der Waals surface area (Å²) >= 11 is 0. The molecule has 0 saturated carbocycles. The van der Waals surface area contributed by atoms with Crippen LogP contribution in [-0.2, 0) is 11.3 Å². The van der Waals surface area contributed by atoms with Crippen LogP contribution in [0.15, 0.2) is 30.3 Å². The van der Waals surface area contributed by atoms with E-state index in [0.29, 0.717) is 5.91 Å². The minimum atomic E-state index is 0.205. The summed E-state index contributed by atoms with van der Waals surface area (Å²) in [5, 5.41) is 3.30. The fourth-order valence-electron chi connectivity index (χ4n) is 3.16. The van der Waals surface area contributed by atoms with Crippen molar-refractivity contribution in [2.45, 2.75) is 13.0 Å². The van der Waals surface area contributed by atoms with Gasteiger partial charge in [-0.2, -0.15) is 0 Å². The van der Waals surface area contributed by atoms with Crippen molar-refractivity contribution in [1.29, 1.82) is 0 Å². The molecule has 108 valence electrons.